The number of aliphatic carboxylic acids is 1. The highest BCUT2D eigenvalue weighted by Gasteiger charge is 1.97. The van der Waals surface area contributed by atoms with Crippen molar-refractivity contribution in [1.29, 1.82) is 0 Å². The normalized spacial score (nSPS) is 11.4. The molecule has 0 atom stereocenters. The number of rotatable bonds is 19. The molecule has 24 heavy (non-hydrogen) atoms. The zero-order valence-electron chi connectivity index (χ0n) is 16.2. The van der Waals surface area contributed by atoms with Crippen molar-refractivity contribution in [3.8, 4) is 0 Å². The monoisotopic (exact) mass is 338 g/mol. The Morgan fingerprint density at radius 3 is 1.42 bits per heavy atom. The van der Waals surface area contributed by atoms with E-state index in [4.69, 9.17) is 5.11 Å². The molecular formula is C22H42O2. The van der Waals surface area contributed by atoms with Crippen LogP contribution < -0.4 is 0 Å². The Morgan fingerprint density at radius 1 is 0.625 bits per heavy atom. The summed E-state index contributed by atoms with van der Waals surface area (Å²) in [7, 11) is 0. The summed E-state index contributed by atoms with van der Waals surface area (Å²) >= 11 is 0. The Kier molecular flexibility index (Phi) is 19.6. The number of carbonyl (C=O) groups is 1. The van der Waals surface area contributed by atoms with Crippen LogP contribution in [-0.4, -0.2) is 11.1 Å². The third kappa shape index (κ3) is 21.2. The highest BCUT2D eigenvalue weighted by Crippen LogP contribution is 2.13. The summed E-state index contributed by atoms with van der Waals surface area (Å²) in [6, 6.07) is 0. The summed E-state index contributed by atoms with van der Waals surface area (Å²) in [5, 5.41) is 8.55. The Morgan fingerprint density at radius 2 is 1.00 bits per heavy atom. The fraction of sp³-hybridized carbons (Fsp3) is 0.864. The predicted molar refractivity (Wildman–Crippen MR) is 106 cm³/mol. The second-order valence-corrected chi connectivity index (χ2v) is 7.14. The van der Waals surface area contributed by atoms with Crippen molar-refractivity contribution in [3.63, 3.8) is 0 Å². The molecular weight excluding hydrogens is 296 g/mol. The van der Waals surface area contributed by atoms with E-state index in [1.807, 2.05) is 0 Å². The van der Waals surface area contributed by atoms with E-state index >= 15 is 0 Å². The van der Waals surface area contributed by atoms with Crippen molar-refractivity contribution in [2.24, 2.45) is 0 Å². The zero-order valence-corrected chi connectivity index (χ0v) is 16.2. The van der Waals surface area contributed by atoms with Crippen LogP contribution in [0.25, 0.3) is 0 Å². The van der Waals surface area contributed by atoms with Gasteiger partial charge in [0.25, 0.3) is 0 Å². The molecule has 0 aliphatic rings. The van der Waals surface area contributed by atoms with Crippen molar-refractivity contribution in [1.82, 2.24) is 0 Å². The number of hydrogen-bond donors (Lipinski definition) is 1. The van der Waals surface area contributed by atoms with Gasteiger partial charge in [0.05, 0.1) is 0 Å². The van der Waals surface area contributed by atoms with Gasteiger partial charge >= 0.3 is 5.97 Å². The van der Waals surface area contributed by atoms with Crippen LogP contribution in [0.1, 0.15) is 122 Å². The van der Waals surface area contributed by atoms with Crippen molar-refractivity contribution in [3.05, 3.63) is 12.2 Å². The lowest BCUT2D eigenvalue weighted by Crippen LogP contribution is -1.93. The standard InChI is InChI=1S/C22H42O2/c1-2-3-4-5-6-7-8-9-10-11-12-13-14-15-16-17-18-19-20-21-22(23)24/h5-6H,2-4,7-21H2,1H3,(H,23,24). The van der Waals surface area contributed by atoms with Crippen LogP contribution in [-0.2, 0) is 4.79 Å². The number of carboxylic acid groups (broad SMARTS) is 1. The molecule has 1 N–H and O–H groups in total. The van der Waals surface area contributed by atoms with Crippen LogP contribution in [0.2, 0.25) is 0 Å². The Hall–Kier alpha value is -0.790. The highest BCUT2D eigenvalue weighted by atomic mass is 16.4. The van der Waals surface area contributed by atoms with E-state index in [-0.39, 0.29) is 0 Å². The van der Waals surface area contributed by atoms with E-state index in [2.05, 4.69) is 19.1 Å². The minimum Gasteiger partial charge on any atom is -0.481 e. The summed E-state index contributed by atoms with van der Waals surface area (Å²) in [6.07, 6.45) is 27.1. The Bertz CT molecular complexity index is 284. The summed E-state index contributed by atoms with van der Waals surface area (Å²) < 4.78 is 0. The van der Waals surface area contributed by atoms with Gasteiger partial charge in [0.1, 0.15) is 0 Å². The molecule has 0 spiro atoms. The molecule has 0 unspecified atom stereocenters. The first-order valence-electron chi connectivity index (χ1n) is 10.6. The van der Waals surface area contributed by atoms with E-state index in [0.717, 1.165) is 12.8 Å². The molecule has 2 heteroatoms. The predicted octanol–water partition coefficient (Wildman–Crippen LogP) is 7.67. The quantitative estimate of drug-likeness (QED) is 0.194. The molecule has 0 radical (unpaired) electrons. The van der Waals surface area contributed by atoms with Crippen LogP contribution >= 0.6 is 0 Å². The van der Waals surface area contributed by atoms with E-state index in [0.29, 0.717) is 6.42 Å². The summed E-state index contributed by atoms with van der Waals surface area (Å²) in [5.41, 5.74) is 0. The number of allylic oxidation sites excluding steroid dienone is 2. The van der Waals surface area contributed by atoms with Gasteiger partial charge < -0.3 is 5.11 Å². The molecule has 0 saturated heterocycles. The minimum atomic E-state index is -0.654. The van der Waals surface area contributed by atoms with Gasteiger partial charge in [-0.3, -0.25) is 4.79 Å². The summed E-state index contributed by atoms with van der Waals surface area (Å²) in [5.74, 6) is -0.654. The lowest BCUT2D eigenvalue weighted by Gasteiger charge is -2.03. The van der Waals surface area contributed by atoms with Crippen molar-refractivity contribution in [2.45, 2.75) is 122 Å². The molecule has 2 nitrogen and oxygen atoms in total. The maximum absolute atomic E-state index is 10.4. The average Bonchev–Trinajstić information content (AvgIpc) is 2.56. The maximum Gasteiger partial charge on any atom is 0.303 e. The first-order chi connectivity index (χ1) is 11.8. The third-order valence-electron chi connectivity index (χ3n) is 4.65. The summed E-state index contributed by atoms with van der Waals surface area (Å²) in [6.45, 7) is 2.25. The Balaban J connectivity index is 3.02. The largest absolute Gasteiger partial charge is 0.481 e. The van der Waals surface area contributed by atoms with E-state index < -0.39 is 5.97 Å². The second-order valence-electron chi connectivity index (χ2n) is 7.14. The SMILES string of the molecule is CCCCC=CCCCCCCCCCCCCCCCC(=O)O. The van der Waals surface area contributed by atoms with Crippen molar-refractivity contribution < 1.29 is 9.90 Å². The summed E-state index contributed by atoms with van der Waals surface area (Å²) in [4.78, 5) is 10.4. The van der Waals surface area contributed by atoms with E-state index in [1.54, 1.807) is 0 Å². The van der Waals surface area contributed by atoms with Gasteiger partial charge in [-0.25, -0.2) is 0 Å². The number of hydrogen-bond acceptors (Lipinski definition) is 1. The molecule has 0 bridgehead atoms. The van der Waals surface area contributed by atoms with Gasteiger partial charge in [0, 0.05) is 6.42 Å². The number of unbranched alkanes of at least 4 members (excludes halogenated alkanes) is 15. The zero-order chi connectivity index (χ0) is 17.7. The molecule has 0 aromatic rings. The highest BCUT2D eigenvalue weighted by molar-refractivity contribution is 5.66. The molecule has 0 amide bonds. The first-order valence-corrected chi connectivity index (χ1v) is 10.6. The van der Waals surface area contributed by atoms with Crippen LogP contribution in [0.15, 0.2) is 12.2 Å². The van der Waals surface area contributed by atoms with E-state index in [1.165, 1.54) is 96.3 Å². The molecule has 0 aliphatic carbocycles. The van der Waals surface area contributed by atoms with Gasteiger partial charge in [-0.1, -0.05) is 103 Å². The maximum atomic E-state index is 10.4. The molecule has 0 fully saturated rings. The molecule has 0 aliphatic heterocycles. The topological polar surface area (TPSA) is 37.3 Å². The van der Waals surface area contributed by atoms with Gasteiger partial charge in [0.2, 0.25) is 0 Å². The first kappa shape index (κ1) is 23.2. The fourth-order valence-electron chi connectivity index (χ4n) is 3.04. The third-order valence-corrected chi connectivity index (χ3v) is 4.65. The smallest absolute Gasteiger partial charge is 0.303 e. The van der Waals surface area contributed by atoms with Crippen LogP contribution in [0.5, 0.6) is 0 Å². The lowest BCUT2D eigenvalue weighted by molar-refractivity contribution is -0.137. The Labute approximate surface area is 151 Å². The molecule has 142 valence electrons. The molecule has 0 aromatic heterocycles. The minimum absolute atomic E-state index is 0.342. The van der Waals surface area contributed by atoms with E-state index in [9.17, 15) is 4.79 Å². The molecule has 0 heterocycles. The van der Waals surface area contributed by atoms with Crippen LogP contribution in [0.4, 0.5) is 0 Å². The lowest BCUT2D eigenvalue weighted by atomic mass is 10.0. The van der Waals surface area contributed by atoms with Crippen LogP contribution in [0, 0.1) is 0 Å². The van der Waals surface area contributed by atoms with Crippen molar-refractivity contribution >= 4 is 5.97 Å². The van der Waals surface area contributed by atoms with Crippen LogP contribution in [0.3, 0.4) is 0 Å². The molecule has 0 aromatic carbocycles. The van der Waals surface area contributed by atoms with Gasteiger partial charge in [-0.2, -0.15) is 0 Å². The molecule has 0 saturated carbocycles. The van der Waals surface area contributed by atoms with Gasteiger partial charge in [-0.05, 0) is 25.7 Å². The van der Waals surface area contributed by atoms with Gasteiger partial charge in [0.15, 0.2) is 0 Å². The molecule has 0 rings (SSSR count). The van der Waals surface area contributed by atoms with Crippen molar-refractivity contribution in [2.75, 3.05) is 0 Å². The second kappa shape index (κ2) is 20.3. The average molecular weight is 339 g/mol. The fourth-order valence-corrected chi connectivity index (χ4v) is 3.04. The number of carboxylic acids is 1. The van der Waals surface area contributed by atoms with Gasteiger partial charge in [-0.15, -0.1) is 0 Å².